The van der Waals surface area contributed by atoms with Crippen LogP contribution in [0.4, 0.5) is 0 Å². The summed E-state index contributed by atoms with van der Waals surface area (Å²) >= 11 is 0. The van der Waals surface area contributed by atoms with Crippen molar-refractivity contribution >= 4 is 0 Å². The summed E-state index contributed by atoms with van der Waals surface area (Å²) in [7, 11) is 0. The van der Waals surface area contributed by atoms with E-state index in [0.29, 0.717) is 18.8 Å². The zero-order chi connectivity index (χ0) is 11.9. The van der Waals surface area contributed by atoms with Crippen molar-refractivity contribution < 1.29 is 9.26 Å². The van der Waals surface area contributed by atoms with E-state index in [2.05, 4.69) is 17.4 Å². The Labute approximate surface area is 103 Å². The van der Waals surface area contributed by atoms with Gasteiger partial charge >= 0.3 is 0 Å². The third-order valence-electron chi connectivity index (χ3n) is 3.31. The predicted molar refractivity (Wildman–Crippen MR) is 65.6 cm³/mol. The molecule has 0 amide bonds. The fourth-order valence-corrected chi connectivity index (χ4v) is 2.30. The first kappa shape index (κ1) is 12.6. The smallest absolute Gasteiger partial charge is 0.162 e. The Morgan fingerprint density at radius 1 is 1.41 bits per heavy atom. The van der Waals surface area contributed by atoms with Gasteiger partial charge < -0.3 is 14.6 Å². The third kappa shape index (κ3) is 4.13. The molecule has 4 nitrogen and oxygen atoms in total. The van der Waals surface area contributed by atoms with Crippen molar-refractivity contribution in [3.63, 3.8) is 0 Å². The zero-order valence-corrected chi connectivity index (χ0v) is 10.5. The molecular formula is C13H22N2O2. The number of ether oxygens (including phenoxy) is 1. The summed E-state index contributed by atoms with van der Waals surface area (Å²) in [6.07, 6.45) is 8.00. The van der Waals surface area contributed by atoms with Gasteiger partial charge in [0.15, 0.2) is 5.76 Å². The van der Waals surface area contributed by atoms with Crippen molar-refractivity contribution in [2.24, 2.45) is 0 Å². The highest BCUT2D eigenvalue weighted by Gasteiger charge is 2.21. The van der Waals surface area contributed by atoms with Gasteiger partial charge in [0, 0.05) is 12.1 Å². The van der Waals surface area contributed by atoms with E-state index in [-0.39, 0.29) is 0 Å². The van der Waals surface area contributed by atoms with E-state index in [1.54, 1.807) is 6.20 Å². The van der Waals surface area contributed by atoms with Gasteiger partial charge in [0.2, 0.25) is 0 Å². The molecule has 2 rings (SSSR count). The second-order valence-electron chi connectivity index (χ2n) is 4.72. The van der Waals surface area contributed by atoms with Crippen LogP contribution in [0.2, 0.25) is 0 Å². The number of hydrogen-bond acceptors (Lipinski definition) is 4. The molecule has 1 heterocycles. The van der Waals surface area contributed by atoms with E-state index in [4.69, 9.17) is 9.26 Å². The molecule has 0 aliphatic heterocycles. The summed E-state index contributed by atoms with van der Waals surface area (Å²) in [5.74, 6) is 0.816. The van der Waals surface area contributed by atoms with Gasteiger partial charge in [-0.3, -0.25) is 0 Å². The van der Waals surface area contributed by atoms with E-state index in [9.17, 15) is 0 Å². The fraction of sp³-hybridized carbons (Fsp3) is 0.769. The third-order valence-corrected chi connectivity index (χ3v) is 3.31. The summed E-state index contributed by atoms with van der Waals surface area (Å²) in [6, 6.07) is 2.55. The van der Waals surface area contributed by atoms with E-state index in [1.165, 1.54) is 19.3 Å². The fourth-order valence-electron chi connectivity index (χ4n) is 2.30. The highest BCUT2D eigenvalue weighted by molar-refractivity contribution is 4.90. The van der Waals surface area contributed by atoms with Crippen molar-refractivity contribution in [1.82, 2.24) is 10.5 Å². The molecule has 1 saturated carbocycles. The molecule has 0 atom stereocenters. The Kier molecular flexibility index (Phi) is 5.01. The molecule has 0 bridgehead atoms. The monoisotopic (exact) mass is 238 g/mol. The van der Waals surface area contributed by atoms with Crippen LogP contribution in [0.15, 0.2) is 16.8 Å². The molecule has 1 aliphatic rings. The molecular weight excluding hydrogens is 216 g/mol. The number of nitrogens with one attached hydrogen (secondary N) is 1. The van der Waals surface area contributed by atoms with E-state index < -0.39 is 0 Å². The Morgan fingerprint density at radius 2 is 2.24 bits per heavy atom. The largest absolute Gasteiger partial charge is 0.370 e. The first-order chi connectivity index (χ1) is 8.38. The summed E-state index contributed by atoms with van der Waals surface area (Å²) < 4.78 is 10.8. The number of hydrogen-bond donors (Lipinski definition) is 1. The van der Waals surface area contributed by atoms with Crippen LogP contribution >= 0.6 is 0 Å². The van der Waals surface area contributed by atoms with Crippen LogP contribution in [-0.4, -0.2) is 23.8 Å². The summed E-state index contributed by atoms with van der Waals surface area (Å²) in [5.41, 5.74) is 0. The normalized spacial score (nSPS) is 25.0. The van der Waals surface area contributed by atoms with Gasteiger partial charge in [-0.2, -0.15) is 0 Å². The minimum Gasteiger partial charge on any atom is -0.370 e. The molecule has 96 valence electrons. The average Bonchev–Trinajstić information content (AvgIpc) is 2.88. The van der Waals surface area contributed by atoms with E-state index >= 15 is 0 Å². The first-order valence-electron chi connectivity index (χ1n) is 6.63. The Morgan fingerprint density at radius 3 is 2.88 bits per heavy atom. The quantitative estimate of drug-likeness (QED) is 0.827. The van der Waals surface area contributed by atoms with Crippen LogP contribution in [0.25, 0.3) is 0 Å². The molecule has 1 N–H and O–H groups in total. The molecule has 17 heavy (non-hydrogen) atoms. The number of nitrogens with zero attached hydrogens (tertiary/aromatic N) is 1. The molecule has 0 aromatic carbocycles. The zero-order valence-electron chi connectivity index (χ0n) is 10.5. The van der Waals surface area contributed by atoms with Gasteiger partial charge in [-0.05, 0) is 38.6 Å². The molecule has 1 aliphatic carbocycles. The van der Waals surface area contributed by atoms with Crippen LogP contribution in [-0.2, 0) is 11.3 Å². The lowest BCUT2D eigenvalue weighted by Crippen LogP contribution is -2.35. The van der Waals surface area contributed by atoms with Crippen LogP contribution in [0.3, 0.4) is 0 Å². The first-order valence-corrected chi connectivity index (χ1v) is 6.63. The Bertz CT molecular complexity index is 292. The summed E-state index contributed by atoms with van der Waals surface area (Å²) in [5, 5.41) is 7.24. The van der Waals surface area contributed by atoms with E-state index in [1.807, 2.05) is 6.07 Å². The maximum atomic E-state index is 5.82. The van der Waals surface area contributed by atoms with Crippen LogP contribution in [0.5, 0.6) is 0 Å². The molecule has 0 spiro atoms. The van der Waals surface area contributed by atoms with Crippen molar-refractivity contribution in [2.45, 2.75) is 57.8 Å². The molecule has 4 heteroatoms. The van der Waals surface area contributed by atoms with Crippen molar-refractivity contribution in [1.29, 1.82) is 0 Å². The summed E-state index contributed by atoms with van der Waals surface area (Å²) in [4.78, 5) is 0. The lowest BCUT2D eigenvalue weighted by Gasteiger charge is -2.28. The molecule has 0 radical (unpaired) electrons. The maximum absolute atomic E-state index is 5.82. The molecule has 0 unspecified atom stereocenters. The van der Waals surface area contributed by atoms with Crippen LogP contribution < -0.4 is 5.32 Å². The molecule has 1 aromatic rings. The second-order valence-corrected chi connectivity index (χ2v) is 4.72. The highest BCUT2D eigenvalue weighted by Crippen LogP contribution is 2.22. The second kappa shape index (κ2) is 6.77. The van der Waals surface area contributed by atoms with Crippen LogP contribution in [0.1, 0.15) is 44.8 Å². The molecule has 1 fully saturated rings. The molecule has 0 saturated heterocycles. The van der Waals surface area contributed by atoms with E-state index in [0.717, 1.165) is 25.1 Å². The van der Waals surface area contributed by atoms with Gasteiger partial charge in [-0.25, -0.2) is 0 Å². The van der Waals surface area contributed by atoms with Gasteiger partial charge in [0.05, 0.1) is 12.3 Å². The number of rotatable bonds is 6. The maximum Gasteiger partial charge on any atom is 0.162 e. The van der Waals surface area contributed by atoms with Gasteiger partial charge in [0.25, 0.3) is 0 Å². The van der Waals surface area contributed by atoms with Crippen LogP contribution in [0, 0.1) is 0 Å². The summed E-state index contributed by atoms with van der Waals surface area (Å²) in [6.45, 7) is 3.89. The average molecular weight is 238 g/mol. The SMILES string of the molecule is CCCNC1CCC(OCc2ccno2)CC1. The standard InChI is InChI=1S/C13H22N2O2/c1-2-8-14-11-3-5-12(6-4-11)16-10-13-7-9-15-17-13/h7,9,11-12,14H,2-6,8,10H2,1H3. The highest BCUT2D eigenvalue weighted by atomic mass is 16.5. The van der Waals surface area contributed by atoms with Crippen molar-refractivity contribution in [3.05, 3.63) is 18.0 Å². The van der Waals surface area contributed by atoms with Crippen molar-refractivity contribution in [2.75, 3.05) is 6.54 Å². The lowest BCUT2D eigenvalue weighted by molar-refractivity contribution is 0.00176. The minimum atomic E-state index is 0.389. The van der Waals surface area contributed by atoms with Gasteiger partial charge in [0.1, 0.15) is 6.61 Å². The topological polar surface area (TPSA) is 47.3 Å². The van der Waals surface area contributed by atoms with Gasteiger partial charge in [-0.1, -0.05) is 12.1 Å². The Balaban J connectivity index is 1.62. The minimum absolute atomic E-state index is 0.389. The van der Waals surface area contributed by atoms with Gasteiger partial charge in [-0.15, -0.1) is 0 Å². The van der Waals surface area contributed by atoms with Crippen molar-refractivity contribution in [3.8, 4) is 0 Å². The lowest BCUT2D eigenvalue weighted by atomic mass is 9.93. The molecule has 1 aromatic heterocycles. The number of aromatic nitrogens is 1. The Hall–Kier alpha value is -0.870. The predicted octanol–water partition coefficient (Wildman–Crippen LogP) is 2.50.